The third-order valence-corrected chi connectivity index (χ3v) is 9.18. The van der Waals surface area contributed by atoms with Gasteiger partial charge in [0.1, 0.15) is 6.04 Å². The fraction of sp³-hybridized carbons (Fsp3) is 0.708. The SMILES string of the molecule is C=CCCOC(=O)[C@@H]1[C@@H]2CC(C)C3(S2)C(C(=O)N(CC=C)CCCC)N(CCO)C(=O)[C@H]13. The zero-order valence-corrected chi connectivity index (χ0v) is 20.0. The van der Waals surface area contributed by atoms with Crippen LogP contribution in [0, 0.1) is 17.8 Å². The van der Waals surface area contributed by atoms with E-state index in [-0.39, 0.29) is 48.7 Å². The first-order chi connectivity index (χ1) is 15.4. The van der Waals surface area contributed by atoms with E-state index in [1.807, 2.05) is 0 Å². The lowest BCUT2D eigenvalue weighted by Gasteiger charge is -2.40. The number of fused-ring (bicyclic) bond motifs is 1. The molecule has 2 bridgehead atoms. The minimum Gasteiger partial charge on any atom is -0.465 e. The normalized spacial score (nSPS) is 32.7. The Morgan fingerprint density at radius 2 is 2.12 bits per heavy atom. The first kappa shape index (κ1) is 24.8. The topological polar surface area (TPSA) is 87.2 Å². The number of thioether (sulfide) groups is 1. The number of hydrogen-bond acceptors (Lipinski definition) is 6. The molecule has 3 heterocycles. The monoisotopic (exact) mass is 464 g/mol. The second kappa shape index (κ2) is 10.4. The molecule has 3 saturated heterocycles. The number of carbonyl (C=O) groups excluding carboxylic acids is 3. The van der Waals surface area contributed by atoms with Gasteiger partial charge in [0.2, 0.25) is 11.8 Å². The van der Waals surface area contributed by atoms with Crippen LogP contribution in [0.3, 0.4) is 0 Å². The lowest BCUT2D eigenvalue weighted by Crippen LogP contribution is -2.57. The van der Waals surface area contributed by atoms with Gasteiger partial charge in [0, 0.05) is 24.9 Å². The van der Waals surface area contributed by atoms with Gasteiger partial charge in [0.15, 0.2) is 0 Å². The number of esters is 1. The molecule has 0 aromatic heterocycles. The molecule has 178 valence electrons. The van der Waals surface area contributed by atoms with Crippen LogP contribution in [0.25, 0.3) is 0 Å². The first-order valence-electron chi connectivity index (χ1n) is 11.6. The second-order valence-corrected chi connectivity index (χ2v) is 10.5. The predicted molar refractivity (Wildman–Crippen MR) is 125 cm³/mol. The van der Waals surface area contributed by atoms with Gasteiger partial charge in [-0.15, -0.1) is 24.9 Å². The van der Waals surface area contributed by atoms with Gasteiger partial charge < -0.3 is 19.6 Å². The molecular formula is C24H36N2O5S. The van der Waals surface area contributed by atoms with Crippen molar-refractivity contribution in [3.05, 3.63) is 25.3 Å². The van der Waals surface area contributed by atoms with E-state index in [1.165, 1.54) is 4.90 Å². The van der Waals surface area contributed by atoms with Crippen molar-refractivity contribution in [1.82, 2.24) is 9.80 Å². The van der Waals surface area contributed by atoms with E-state index >= 15 is 0 Å². The number of likely N-dealkylation sites (tertiary alicyclic amines) is 1. The Morgan fingerprint density at radius 3 is 2.75 bits per heavy atom. The minimum absolute atomic E-state index is 0.0368. The Morgan fingerprint density at radius 1 is 1.38 bits per heavy atom. The molecule has 32 heavy (non-hydrogen) atoms. The molecule has 1 spiro atoms. The van der Waals surface area contributed by atoms with Crippen LogP contribution in [0.1, 0.15) is 39.5 Å². The Labute approximate surface area is 195 Å². The van der Waals surface area contributed by atoms with Crippen LogP contribution < -0.4 is 0 Å². The van der Waals surface area contributed by atoms with Crippen molar-refractivity contribution in [3.63, 3.8) is 0 Å². The number of ether oxygens (including phenoxy) is 1. The summed E-state index contributed by atoms with van der Waals surface area (Å²) in [5.74, 6) is -1.74. The molecule has 3 unspecified atom stereocenters. The zero-order chi connectivity index (χ0) is 23.5. The van der Waals surface area contributed by atoms with Crippen LogP contribution in [0.15, 0.2) is 25.3 Å². The number of carbonyl (C=O) groups is 3. The molecule has 3 rings (SSSR count). The summed E-state index contributed by atoms with van der Waals surface area (Å²) < 4.78 is 4.81. The maximum Gasteiger partial charge on any atom is 0.310 e. The van der Waals surface area contributed by atoms with E-state index in [0.29, 0.717) is 19.5 Å². The maximum atomic E-state index is 13.9. The van der Waals surface area contributed by atoms with Gasteiger partial charge >= 0.3 is 5.97 Å². The molecule has 3 aliphatic heterocycles. The summed E-state index contributed by atoms with van der Waals surface area (Å²) in [5, 5.41) is 9.66. The van der Waals surface area contributed by atoms with Gasteiger partial charge in [-0.25, -0.2) is 0 Å². The van der Waals surface area contributed by atoms with Gasteiger partial charge in [-0.1, -0.05) is 32.4 Å². The van der Waals surface area contributed by atoms with Gasteiger partial charge in [0.05, 0.1) is 29.8 Å². The Kier molecular flexibility index (Phi) is 8.09. The predicted octanol–water partition coefficient (Wildman–Crippen LogP) is 2.25. The minimum atomic E-state index is -0.695. The van der Waals surface area contributed by atoms with Gasteiger partial charge in [-0.05, 0) is 25.2 Å². The Bertz CT molecular complexity index is 759. The summed E-state index contributed by atoms with van der Waals surface area (Å²) in [4.78, 5) is 43.9. The molecule has 0 aromatic rings. The number of unbranched alkanes of at least 4 members (excludes halogenated alkanes) is 1. The van der Waals surface area contributed by atoms with Gasteiger partial charge in [0.25, 0.3) is 0 Å². The fourth-order valence-electron chi connectivity index (χ4n) is 5.72. The summed E-state index contributed by atoms with van der Waals surface area (Å²) in [7, 11) is 0. The third-order valence-electron chi connectivity index (χ3n) is 7.10. The highest BCUT2D eigenvalue weighted by Crippen LogP contribution is 2.68. The average molecular weight is 465 g/mol. The molecule has 0 aromatic carbocycles. The summed E-state index contributed by atoms with van der Waals surface area (Å²) in [6.07, 6.45) is 6.53. The van der Waals surface area contributed by atoms with E-state index in [4.69, 9.17) is 4.74 Å². The van der Waals surface area contributed by atoms with Crippen molar-refractivity contribution in [1.29, 1.82) is 0 Å². The third kappa shape index (κ3) is 4.00. The fourth-order valence-corrected chi connectivity index (χ4v) is 8.13. The Balaban J connectivity index is 1.98. The molecule has 0 saturated carbocycles. The van der Waals surface area contributed by atoms with E-state index in [2.05, 4.69) is 27.0 Å². The van der Waals surface area contributed by atoms with Gasteiger partial charge in [-0.2, -0.15) is 0 Å². The molecule has 8 heteroatoms. The van der Waals surface area contributed by atoms with Crippen LogP contribution >= 0.6 is 11.8 Å². The largest absolute Gasteiger partial charge is 0.465 e. The van der Waals surface area contributed by atoms with Crippen LogP contribution in [0.5, 0.6) is 0 Å². The first-order valence-corrected chi connectivity index (χ1v) is 12.5. The van der Waals surface area contributed by atoms with Crippen molar-refractivity contribution in [2.75, 3.05) is 32.8 Å². The molecule has 6 atom stereocenters. The number of hydrogen-bond donors (Lipinski definition) is 1. The maximum absolute atomic E-state index is 13.9. The quantitative estimate of drug-likeness (QED) is 0.271. The number of β-amino-alcohol motifs (C(OH)–C–C–N with tert-alkyl or cyclic N) is 1. The summed E-state index contributed by atoms with van der Waals surface area (Å²) >= 11 is 1.62. The van der Waals surface area contributed by atoms with Crippen molar-refractivity contribution in [2.24, 2.45) is 17.8 Å². The van der Waals surface area contributed by atoms with Crippen LogP contribution in [-0.2, 0) is 19.1 Å². The van der Waals surface area contributed by atoms with E-state index in [0.717, 1.165) is 19.3 Å². The number of amides is 2. The zero-order valence-electron chi connectivity index (χ0n) is 19.2. The van der Waals surface area contributed by atoms with Crippen molar-refractivity contribution < 1.29 is 24.2 Å². The summed E-state index contributed by atoms with van der Waals surface area (Å²) in [6, 6.07) is -0.695. The average Bonchev–Trinajstić information content (AvgIpc) is 3.35. The van der Waals surface area contributed by atoms with E-state index < -0.39 is 22.6 Å². The van der Waals surface area contributed by atoms with Crippen molar-refractivity contribution >= 4 is 29.5 Å². The second-order valence-electron chi connectivity index (χ2n) is 8.98. The number of rotatable bonds is 12. The van der Waals surface area contributed by atoms with Crippen LogP contribution in [0.2, 0.25) is 0 Å². The van der Waals surface area contributed by atoms with Gasteiger partial charge in [-0.3, -0.25) is 14.4 Å². The highest BCUT2D eigenvalue weighted by atomic mass is 32.2. The molecule has 3 fully saturated rings. The highest BCUT2D eigenvalue weighted by molar-refractivity contribution is 8.02. The summed E-state index contributed by atoms with van der Waals surface area (Å²) in [6.45, 7) is 12.7. The van der Waals surface area contributed by atoms with Crippen LogP contribution in [0.4, 0.5) is 0 Å². The van der Waals surface area contributed by atoms with E-state index in [1.54, 1.807) is 28.8 Å². The van der Waals surface area contributed by atoms with E-state index in [9.17, 15) is 19.5 Å². The molecule has 2 amide bonds. The Hall–Kier alpha value is -1.80. The molecule has 3 aliphatic rings. The summed E-state index contributed by atoms with van der Waals surface area (Å²) in [5.41, 5.74) is 0. The molecule has 7 nitrogen and oxygen atoms in total. The molecule has 1 N–H and O–H groups in total. The van der Waals surface area contributed by atoms with Crippen LogP contribution in [-0.4, -0.2) is 81.6 Å². The standard InChI is InChI=1S/C24H36N2O5S/c1-5-8-11-25(10-7-3)22(29)20-24-16(4)15-17(32-24)18(23(30)31-14-9-6-2)19(24)21(28)26(20)12-13-27/h6-7,16-20,27H,2-3,5,8-15H2,1,4H3/t16?,17-,18+,19-,20?,24?/m0/s1. The number of aliphatic hydroxyl groups is 1. The lowest BCUT2D eigenvalue weighted by atomic mass is 9.66. The lowest BCUT2D eigenvalue weighted by molar-refractivity contribution is -0.154. The number of nitrogens with zero attached hydrogens (tertiary/aromatic N) is 2. The molecule has 0 aliphatic carbocycles. The molecular weight excluding hydrogens is 428 g/mol. The van der Waals surface area contributed by atoms with Crippen molar-refractivity contribution in [3.8, 4) is 0 Å². The van der Waals surface area contributed by atoms with Crippen molar-refractivity contribution in [2.45, 2.75) is 55.6 Å². The highest BCUT2D eigenvalue weighted by Gasteiger charge is 2.76. The smallest absolute Gasteiger partial charge is 0.310 e. The number of aliphatic hydroxyl groups excluding tert-OH is 1. The molecule has 0 radical (unpaired) electrons.